The number of alkyl halides is 3. The number of ether oxygens (including phenoxy) is 1. The molecule has 0 aromatic rings. The number of thioether (sulfide) groups is 1. The first-order chi connectivity index (χ1) is 12.2. The first-order valence-corrected chi connectivity index (χ1v) is 9.92. The highest BCUT2D eigenvalue weighted by molar-refractivity contribution is 7.99. The topological polar surface area (TPSA) is 78.9 Å². The predicted molar refractivity (Wildman–Crippen MR) is 89.0 cm³/mol. The molecule has 148 valence electrons. The van der Waals surface area contributed by atoms with Gasteiger partial charge < -0.3 is 20.1 Å². The summed E-state index contributed by atoms with van der Waals surface area (Å²) in [6.45, 7) is -0.522. The third-order valence-corrected chi connectivity index (χ3v) is 6.55. The van der Waals surface area contributed by atoms with Gasteiger partial charge in [0.25, 0.3) is 0 Å². The van der Waals surface area contributed by atoms with Gasteiger partial charge in [-0.2, -0.15) is 24.9 Å². The predicted octanol–water partition coefficient (Wildman–Crippen LogP) is 2.34. The average molecular weight is 396 g/mol. The van der Waals surface area contributed by atoms with E-state index in [4.69, 9.17) is 9.84 Å². The van der Waals surface area contributed by atoms with Gasteiger partial charge >= 0.3 is 18.2 Å². The van der Waals surface area contributed by atoms with Crippen molar-refractivity contribution in [2.24, 2.45) is 11.8 Å². The molecule has 3 heterocycles. The van der Waals surface area contributed by atoms with Crippen molar-refractivity contribution in [3.8, 4) is 0 Å². The lowest BCUT2D eigenvalue weighted by molar-refractivity contribution is -0.187. The Labute approximate surface area is 153 Å². The number of nitrogens with one attached hydrogen (secondary N) is 1. The minimum Gasteiger partial charge on any atom is -0.481 e. The Morgan fingerprint density at radius 2 is 1.92 bits per heavy atom. The molecule has 0 bridgehead atoms. The molecule has 1 spiro atoms. The lowest BCUT2D eigenvalue weighted by atomic mass is 9.85. The van der Waals surface area contributed by atoms with Crippen LogP contribution in [0.15, 0.2) is 0 Å². The summed E-state index contributed by atoms with van der Waals surface area (Å²) < 4.78 is 45.1. The van der Waals surface area contributed by atoms with Crippen molar-refractivity contribution in [1.29, 1.82) is 0 Å². The summed E-state index contributed by atoms with van der Waals surface area (Å²) >= 11 is 1.87. The lowest BCUT2D eigenvalue weighted by Gasteiger charge is -2.43. The minimum absolute atomic E-state index is 0.160. The SMILES string of the molecule is O=C(O)[C@@H]1CN(C(=O)NC2CCOC3(CCSCC3)C2)C[C@H]1C(F)(F)F. The van der Waals surface area contributed by atoms with Gasteiger partial charge in [0, 0.05) is 25.7 Å². The van der Waals surface area contributed by atoms with Gasteiger partial charge in [-0.15, -0.1) is 0 Å². The van der Waals surface area contributed by atoms with E-state index in [0.717, 1.165) is 29.2 Å². The molecule has 1 unspecified atom stereocenters. The van der Waals surface area contributed by atoms with Crippen LogP contribution >= 0.6 is 11.8 Å². The number of hydrogen-bond donors (Lipinski definition) is 2. The summed E-state index contributed by atoms with van der Waals surface area (Å²) in [7, 11) is 0. The van der Waals surface area contributed by atoms with Crippen LogP contribution in [0.4, 0.5) is 18.0 Å². The second-order valence-electron chi connectivity index (χ2n) is 7.28. The number of carboxylic acids is 1. The number of nitrogens with zero attached hydrogens (tertiary/aromatic N) is 1. The Bertz CT molecular complexity index is 549. The molecule has 10 heteroatoms. The maximum Gasteiger partial charge on any atom is 0.394 e. The Morgan fingerprint density at radius 3 is 2.50 bits per heavy atom. The third-order valence-electron chi connectivity index (χ3n) is 5.57. The molecule has 0 aromatic heterocycles. The van der Waals surface area contributed by atoms with Crippen molar-refractivity contribution >= 4 is 23.8 Å². The summed E-state index contributed by atoms with van der Waals surface area (Å²) in [5.74, 6) is -3.16. The molecule has 2 amide bonds. The second-order valence-corrected chi connectivity index (χ2v) is 8.51. The van der Waals surface area contributed by atoms with E-state index in [1.54, 1.807) is 0 Å². The Balaban J connectivity index is 1.60. The molecular formula is C16H23F3N2O4S. The van der Waals surface area contributed by atoms with E-state index < -0.39 is 43.1 Å². The summed E-state index contributed by atoms with van der Waals surface area (Å²) in [6, 6.07) is -0.775. The normalized spacial score (nSPS) is 31.8. The Morgan fingerprint density at radius 1 is 1.23 bits per heavy atom. The summed E-state index contributed by atoms with van der Waals surface area (Å²) in [5.41, 5.74) is -0.245. The third kappa shape index (κ3) is 4.21. The molecule has 0 aromatic carbocycles. The highest BCUT2D eigenvalue weighted by Gasteiger charge is 2.53. The van der Waals surface area contributed by atoms with Crippen LogP contribution in [0.25, 0.3) is 0 Å². The van der Waals surface area contributed by atoms with Gasteiger partial charge in [0.05, 0.1) is 17.4 Å². The zero-order valence-electron chi connectivity index (χ0n) is 14.3. The van der Waals surface area contributed by atoms with E-state index in [1.807, 2.05) is 11.8 Å². The molecular weight excluding hydrogens is 373 g/mol. The monoisotopic (exact) mass is 396 g/mol. The van der Waals surface area contributed by atoms with Crippen molar-refractivity contribution in [2.45, 2.75) is 43.5 Å². The molecule has 0 radical (unpaired) electrons. The van der Waals surface area contributed by atoms with Crippen molar-refractivity contribution in [3.63, 3.8) is 0 Å². The highest BCUT2D eigenvalue weighted by Crippen LogP contribution is 2.39. The van der Waals surface area contributed by atoms with Gasteiger partial charge in [-0.1, -0.05) is 0 Å². The molecule has 0 aliphatic carbocycles. The number of halogens is 3. The van der Waals surface area contributed by atoms with E-state index in [0.29, 0.717) is 19.4 Å². The Hall–Kier alpha value is -1.16. The number of aliphatic carboxylic acids is 1. The van der Waals surface area contributed by atoms with Crippen molar-refractivity contribution in [2.75, 3.05) is 31.2 Å². The van der Waals surface area contributed by atoms with Gasteiger partial charge in [0.15, 0.2) is 0 Å². The average Bonchev–Trinajstić information content (AvgIpc) is 3.02. The number of hydrogen-bond acceptors (Lipinski definition) is 4. The van der Waals surface area contributed by atoms with Gasteiger partial charge in [-0.3, -0.25) is 4.79 Å². The first-order valence-electron chi connectivity index (χ1n) is 8.77. The zero-order chi connectivity index (χ0) is 18.9. The summed E-state index contributed by atoms with van der Waals surface area (Å²) in [5, 5.41) is 11.9. The van der Waals surface area contributed by atoms with Crippen molar-refractivity contribution in [1.82, 2.24) is 10.2 Å². The number of carboxylic acid groups (broad SMARTS) is 1. The molecule has 3 fully saturated rings. The Kier molecular flexibility index (Phi) is 5.62. The van der Waals surface area contributed by atoms with Gasteiger partial charge in [-0.05, 0) is 37.2 Å². The molecule has 3 aliphatic heterocycles. The van der Waals surface area contributed by atoms with E-state index in [1.165, 1.54) is 0 Å². The van der Waals surface area contributed by atoms with Crippen LogP contribution in [0.5, 0.6) is 0 Å². The number of rotatable bonds is 2. The number of carbonyl (C=O) groups is 2. The minimum atomic E-state index is -4.64. The number of carbonyl (C=O) groups excluding carboxylic acids is 1. The fraction of sp³-hybridized carbons (Fsp3) is 0.875. The molecule has 3 atom stereocenters. The lowest BCUT2D eigenvalue weighted by Crippen LogP contribution is -2.52. The maximum absolute atomic E-state index is 13.1. The van der Waals surface area contributed by atoms with Gasteiger partial charge in [0.2, 0.25) is 0 Å². The maximum atomic E-state index is 13.1. The molecule has 3 saturated heterocycles. The quantitative estimate of drug-likeness (QED) is 0.749. The number of likely N-dealkylation sites (tertiary alicyclic amines) is 1. The number of urea groups is 1. The van der Waals surface area contributed by atoms with Crippen molar-refractivity contribution in [3.05, 3.63) is 0 Å². The van der Waals surface area contributed by atoms with Crippen LogP contribution in [0.1, 0.15) is 25.7 Å². The fourth-order valence-corrected chi connectivity index (χ4v) is 5.30. The molecule has 6 nitrogen and oxygen atoms in total. The van der Waals surface area contributed by atoms with Crippen LogP contribution in [-0.4, -0.2) is 71.0 Å². The standard InChI is InChI=1S/C16H23F3N2O4S/c17-16(18,19)12-9-21(8-11(12)13(22)23)14(24)20-10-1-4-25-15(7-10)2-5-26-6-3-15/h10-12H,1-9H2,(H,20,24)(H,22,23)/t10?,11-,12-/m1/s1. The van der Waals surface area contributed by atoms with E-state index in [9.17, 15) is 22.8 Å². The van der Waals surface area contributed by atoms with Crippen LogP contribution < -0.4 is 5.32 Å². The molecule has 2 N–H and O–H groups in total. The van der Waals surface area contributed by atoms with Crippen LogP contribution in [0.2, 0.25) is 0 Å². The molecule has 0 saturated carbocycles. The van der Waals surface area contributed by atoms with Crippen molar-refractivity contribution < 1.29 is 32.6 Å². The largest absolute Gasteiger partial charge is 0.481 e. The number of amides is 2. The van der Waals surface area contributed by atoms with E-state index >= 15 is 0 Å². The smallest absolute Gasteiger partial charge is 0.394 e. The van der Waals surface area contributed by atoms with Gasteiger partial charge in [0.1, 0.15) is 0 Å². The van der Waals surface area contributed by atoms with Crippen LogP contribution in [0, 0.1) is 11.8 Å². The fourth-order valence-electron chi connectivity index (χ4n) is 4.06. The highest BCUT2D eigenvalue weighted by atomic mass is 32.2. The molecule has 3 aliphatic rings. The van der Waals surface area contributed by atoms with Gasteiger partial charge in [-0.25, -0.2) is 4.79 Å². The summed E-state index contributed by atoms with van der Waals surface area (Å²) in [6.07, 6.45) is -1.56. The summed E-state index contributed by atoms with van der Waals surface area (Å²) in [4.78, 5) is 24.6. The second kappa shape index (κ2) is 7.46. The van der Waals surface area contributed by atoms with E-state index in [2.05, 4.69) is 5.32 Å². The van der Waals surface area contributed by atoms with Crippen LogP contribution in [0.3, 0.4) is 0 Å². The molecule has 3 rings (SSSR count). The van der Waals surface area contributed by atoms with Crippen LogP contribution in [-0.2, 0) is 9.53 Å². The zero-order valence-corrected chi connectivity index (χ0v) is 15.1. The van der Waals surface area contributed by atoms with E-state index in [-0.39, 0.29) is 11.6 Å². The molecule has 26 heavy (non-hydrogen) atoms. The first kappa shape index (κ1) is 19.6.